The predicted molar refractivity (Wildman–Crippen MR) is 104 cm³/mol. The lowest BCUT2D eigenvalue weighted by Gasteiger charge is -2.30. The molecule has 1 aliphatic carbocycles. The van der Waals surface area contributed by atoms with Crippen LogP contribution in [0.15, 0.2) is 35.2 Å². The Hall–Kier alpha value is -1.93. The van der Waals surface area contributed by atoms with E-state index in [1.54, 1.807) is 37.3 Å². The molecule has 0 radical (unpaired) electrons. The number of rotatable bonds is 6. The van der Waals surface area contributed by atoms with Crippen LogP contribution in [-0.4, -0.2) is 49.8 Å². The van der Waals surface area contributed by atoms with Crippen LogP contribution >= 0.6 is 0 Å². The molecule has 0 spiro atoms. The summed E-state index contributed by atoms with van der Waals surface area (Å²) in [7, 11) is -3.54. The molecular formula is C20H28N2O5S. The summed E-state index contributed by atoms with van der Waals surface area (Å²) in [5, 5.41) is 2.93. The summed E-state index contributed by atoms with van der Waals surface area (Å²) in [4.78, 5) is 24.8. The number of ether oxygens (including phenoxy) is 1. The van der Waals surface area contributed by atoms with Crippen molar-refractivity contribution in [1.29, 1.82) is 0 Å². The second-order valence-corrected chi connectivity index (χ2v) is 9.50. The molecule has 7 nitrogen and oxygen atoms in total. The van der Waals surface area contributed by atoms with Gasteiger partial charge in [0.25, 0.3) is 5.91 Å². The van der Waals surface area contributed by atoms with E-state index in [0.29, 0.717) is 12.8 Å². The molecule has 2 aliphatic rings. The van der Waals surface area contributed by atoms with Crippen LogP contribution in [-0.2, 0) is 24.3 Å². The van der Waals surface area contributed by atoms with Gasteiger partial charge in [0.1, 0.15) is 0 Å². The first-order valence-corrected chi connectivity index (χ1v) is 11.4. The van der Waals surface area contributed by atoms with Crippen LogP contribution in [0.3, 0.4) is 0 Å². The van der Waals surface area contributed by atoms with Gasteiger partial charge in [0, 0.05) is 19.1 Å². The van der Waals surface area contributed by atoms with Crippen molar-refractivity contribution in [3.05, 3.63) is 30.3 Å². The van der Waals surface area contributed by atoms with Crippen molar-refractivity contribution in [1.82, 2.24) is 9.62 Å². The average molecular weight is 409 g/mol. The summed E-state index contributed by atoms with van der Waals surface area (Å²) in [6, 6.07) is 8.47. The standard InChI is InChI=1S/C20H28N2O5S/c1-15(19(23)21-17-7-5-6-8-17)27-20(24)16-11-13-22(14-12-16)28(25,26)18-9-3-2-4-10-18/h2-4,9-10,15-17H,5-8,11-14H2,1H3,(H,21,23)/t15-/m0/s1. The van der Waals surface area contributed by atoms with E-state index in [1.807, 2.05) is 0 Å². The lowest BCUT2D eigenvalue weighted by Crippen LogP contribution is -2.43. The van der Waals surface area contributed by atoms with Crippen LogP contribution in [0.5, 0.6) is 0 Å². The van der Waals surface area contributed by atoms with E-state index in [-0.39, 0.29) is 35.9 Å². The first-order chi connectivity index (χ1) is 13.4. The van der Waals surface area contributed by atoms with E-state index in [4.69, 9.17) is 4.74 Å². The van der Waals surface area contributed by atoms with Crippen LogP contribution in [0.4, 0.5) is 0 Å². The highest BCUT2D eigenvalue weighted by Crippen LogP contribution is 2.25. The quantitative estimate of drug-likeness (QED) is 0.728. The summed E-state index contributed by atoms with van der Waals surface area (Å²) < 4.78 is 32.1. The minimum Gasteiger partial charge on any atom is -0.452 e. The highest BCUT2D eigenvalue weighted by molar-refractivity contribution is 7.89. The first-order valence-electron chi connectivity index (χ1n) is 9.94. The van der Waals surface area contributed by atoms with E-state index in [0.717, 1.165) is 25.7 Å². The molecule has 1 saturated heterocycles. The smallest absolute Gasteiger partial charge is 0.309 e. The first kappa shape index (κ1) is 20.8. The van der Waals surface area contributed by atoms with Crippen LogP contribution in [0.1, 0.15) is 45.4 Å². The fraction of sp³-hybridized carbons (Fsp3) is 0.600. The monoisotopic (exact) mass is 408 g/mol. The Kier molecular flexibility index (Phi) is 6.72. The fourth-order valence-corrected chi connectivity index (χ4v) is 5.28. The van der Waals surface area contributed by atoms with Crippen molar-refractivity contribution in [2.45, 2.75) is 62.5 Å². The molecule has 154 valence electrons. The maximum Gasteiger partial charge on any atom is 0.309 e. The van der Waals surface area contributed by atoms with Gasteiger partial charge in [-0.2, -0.15) is 4.31 Å². The topological polar surface area (TPSA) is 92.8 Å². The maximum atomic E-state index is 12.7. The number of nitrogens with one attached hydrogen (secondary N) is 1. The highest BCUT2D eigenvalue weighted by Gasteiger charge is 2.34. The number of benzene rings is 1. The Morgan fingerprint density at radius 2 is 1.68 bits per heavy atom. The second-order valence-electron chi connectivity index (χ2n) is 7.56. The summed E-state index contributed by atoms with van der Waals surface area (Å²) >= 11 is 0. The molecule has 3 rings (SSSR count). The van der Waals surface area contributed by atoms with Crippen LogP contribution in [0.25, 0.3) is 0 Å². The van der Waals surface area contributed by atoms with Crippen molar-refractivity contribution in [3.63, 3.8) is 0 Å². The number of carbonyl (C=O) groups excluding carboxylic acids is 2. The molecule has 1 aliphatic heterocycles. The van der Waals surface area contributed by atoms with Gasteiger partial charge in [-0.25, -0.2) is 8.42 Å². The van der Waals surface area contributed by atoms with E-state index in [1.165, 1.54) is 4.31 Å². The van der Waals surface area contributed by atoms with Gasteiger partial charge < -0.3 is 10.1 Å². The van der Waals surface area contributed by atoms with Gasteiger partial charge in [0.05, 0.1) is 10.8 Å². The van der Waals surface area contributed by atoms with Gasteiger partial charge in [-0.15, -0.1) is 0 Å². The number of esters is 1. The largest absolute Gasteiger partial charge is 0.452 e. The van der Waals surface area contributed by atoms with Crippen LogP contribution in [0.2, 0.25) is 0 Å². The fourth-order valence-electron chi connectivity index (χ4n) is 3.79. The van der Waals surface area contributed by atoms with Gasteiger partial charge in [0.15, 0.2) is 6.10 Å². The molecule has 8 heteroatoms. The van der Waals surface area contributed by atoms with Gasteiger partial charge in [-0.1, -0.05) is 31.0 Å². The van der Waals surface area contributed by atoms with Crippen molar-refractivity contribution in [3.8, 4) is 0 Å². The summed E-state index contributed by atoms with van der Waals surface area (Å²) in [5.41, 5.74) is 0. The molecule has 1 N–H and O–H groups in total. The molecule has 1 amide bonds. The second kappa shape index (κ2) is 9.05. The zero-order valence-electron chi connectivity index (χ0n) is 16.2. The molecule has 28 heavy (non-hydrogen) atoms. The highest BCUT2D eigenvalue weighted by atomic mass is 32.2. The molecule has 1 aromatic rings. The van der Waals surface area contributed by atoms with E-state index in [9.17, 15) is 18.0 Å². The van der Waals surface area contributed by atoms with E-state index >= 15 is 0 Å². The Morgan fingerprint density at radius 3 is 2.29 bits per heavy atom. The third-order valence-corrected chi connectivity index (χ3v) is 7.44. The van der Waals surface area contributed by atoms with E-state index in [2.05, 4.69) is 5.32 Å². The van der Waals surface area contributed by atoms with Crippen LogP contribution in [0, 0.1) is 5.92 Å². The number of hydrogen-bond donors (Lipinski definition) is 1. The average Bonchev–Trinajstić information content (AvgIpc) is 3.21. The van der Waals surface area contributed by atoms with Crippen molar-refractivity contribution in [2.75, 3.05) is 13.1 Å². The molecule has 0 bridgehead atoms. The molecule has 0 aromatic heterocycles. The lowest BCUT2D eigenvalue weighted by atomic mass is 9.98. The molecule has 2 fully saturated rings. The Labute approximate surface area is 166 Å². The number of amides is 1. The molecule has 1 heterocycles. The van der Waals surface area contributed by atoms with E-state index < -0.39 is 22.1 Å². The predicted octanol–water partition coefficient (Wildman–Crippen LogP) is 2.08. The normalized spacial score (nSPS) is 20.6. The number of piperidine rings is 1. The number of carbonyl (C=O) groups is 2. The number of nitrogens with zero attached hydrogens (tertiary/aromatic N) is 1. The maximum absolute atomic E-state index is 12.7. The van der Waals surface area contributed by atoms with Crippen molar-refractivity contribution in [2.24, 2.45) is 5.92 Å². The Balaban J connectivity index is 1.49. The third-order valence-electron chi connectivity index (χ3n) is 5.53. The number of sulfonamides is 1. The molecule has 1 saturated carbocycles. The Bertz CT molecular complexity index is 782. The van der Waals surface area contributed by atoms with Crippen molar-refractivity contribution >= 4 is 21.9 Å². The minimum absolute atomic E-state index is 0.181. The summed E-state index contributed by atoms with van der Waals surface area (Å²) in [5.74, 6) is -1.07. The summed E-state index contributed by atoms with van der Waals surface area (Å²) in [6.45, 7) is 2.11. The van der Waals surface area contributed by atoms with Gasteiger partial charge in [-0.05, 0) is 44.7 Å². The third kappa shape index (κ3) is 4.91. The Morgan fingerprint density at radius 1 is 1.07 bits per heavy atom. The molecule has 1 aromatic carbocycles. The van der Waals surface area contributed by atoms with Crippen LogP contribution < -0.4 is 5.32 Å². The SMILES string of the molecule is C[C@H](OC(=O)C1CCN(S(=O)(=O)c2ccccc2)CC1)C(=O)NC1CCCC1. The molecule has 0 unspecified atom stereocenters. The van der Waals surface area contributed by atoms with Gasteiger partial charge in [0.2, 0.25) is 10.0 Å². The minimum atomic E-state index is -3.54. The molecule has 1 atom stereocenters. The lowest BCUT2D eigenvalue weighted by molar-refractivity contribution is -0.160. The summed E-state index contributed by atoms with van der Waals surface area (Å²) in [6.07, 6.45) is 4.12. The zero-order chi connectivity index (χ0) is 20.1. The number of hydrogen-bond acceptors (Lipinski definition) is 5. The van der Waals surface area contributed by atoms with Gasteiger partial charge in [-0.3, -0.25) is 9.59 Å². The zero-order valence-corrected chi connectivity index (χ0v) is 17.0. The van der Waals surface area contributed by atoms with Gasteiger partial charge >= 0.3 is 5.97 Å². The molecular weight excluding hydrogens is 380 g/mol. The van der Waals surface area contributed by atoms with Crippen molar-refractivity contribution < 1.29 is 22.7 Å².